The van der Waals surface area contributed by atoms with Gasteiger partial charge in [0.1, 0.15) is 5.75 Å². The molecular formula is C9H15NO3S. The molecule has 0 saturated heterocycles. The lowest BCUT2D eigenvalue weighted by Gasteiger charge is -2.07. The molecule has 5 heteroatoms. The van der Waals surface area contributed by atoms with Crippen molar-refractivity contribution in [2.24, 2.45) is 0 Å². The molecule has 0 saturated carbocycles. The van der Waals surface area contributed by atoms with E-state index in [-0.39, 0.29) is 1.43 Å². The fourth-order valence-electron chi connectivity index (χ4n) is 1.14. The van der Waals surface area contributed by atoms with Crippen LogP contribution in [0.5, 0.6) is 5.75 Å². The summed E-state index contributed by atoms with van der Waals surface area (Å²) in [6.45, 7) is 1.87. The van der Waals surface area contributed by atoms with Gasteiger partial charge < -0.3 is 4.74 Å². The lowest BCUT2D eigenvalue weighted by molar-refractivity contribution is 0.414. The van der Waals surface area contributed by atoms with Crippen molar-refractivity contribution in [3.8, 4) is 5.75 Å². The number of anilines is 1. The van der Waals surface area contributed by atoms with Gasteiger partial charge in [0.15, 0.2) is 0 Å². The molecule has 0 aliphatic carbocycles. The van der Waals surface area contributed by atoms with E-state index in [0.717, 1.165) is 11.8 Å². The van der Waals surface area contributed by atoms with Gasteiger partial charge in [-0.2, -0.15) is 0 Å². The van der Waals surface area contributed by atoms with Crippen molar-refractivity contribution >= 4 is 15.7 Å². The highest BCUT2D eigenvalue weighted by atomic mass is 32.2. The summed E-state index contributed by atoms with van der Waals surface area (Å²) in [7, 11) is -1.68. The van der Waals surface area contributed by atoms with E-state index in [4.69, 9.17) is 4.74 Å². The van der Waals surface area contributed by atoms with E-state index in [9.17, 15) is 8.42 Å². The molecule has 4 nitrogen and oxygen atoms in total. The zero-order valence-electron chi connectivity index (χ0n) is 8.37. The van der Waals surface area contributed by atoms with Gasteiger partial charge in [-0.25, -0.2) is 8.42 Å². The van der Waals surface area contributed by atoms with Crippen LogP contribution in [0.2, 0.25) is 0 Å². The number of benzene rings is 1. The first-order chi connectivity index (χ1) is 6.40. The third-order valence-electron chi connectivity index (χ3n) is 1.59. The van der Waals surface area contributed by atoms with E-state index in [2.05, 4.69) is 4.72 Å². The van der Waals surface area contributed by atoms with Crippen LogP contribution in [0.1, 0.15) is 6.99 Å². The highest BCUT2D eigenvalue weighted by molar-refractivity contribution is 7.92. The summed E-state index contributed by atoms with van der Waals surface area (Å²) in [5, 5.41) is 0. The number of hydrogen-bond donors (Lipinski definition) is 1. The van der Waals surface area contributed by atoms with Crippen LogP contribution in [-0.2, 0) is 10.0 Å². The molecule has 0 bridgehead atoms. The molecule has 0 spiro atoms. The highest BCUT2D eigenvalue weighted by Gasteiger charge is 2.03. The molecule has 1 rings (SSSR count). The summed E-state index contributed by atoms with van der Waals surface area (Å²) >= 11 is 0. The minimum Gasteiger partial charge on any atom is -0.497 e. The lowest BCUT2D eigenvalue weighted by atomic mass is 10.2. The number of sulfonamides is 1. The Hall–Kier alpha value is -1.23. The molecule has 0 atom stereocenters. The molecular weight excluding hydrogens is 202 g/mol. The van der Waals surface area contributed by atoms with Gasteiger partial charge in [-0.15, -0.1) is 0 Å². The van der Waals surface area contributed by atoms with Gasteiger partial charge >= 0.3 is 0 Å². The molecule has 14 heavy (non-hydrogen) atoms. The molecule has 0 aromatic heterocycles. The van der Waals surface area contributed by atoms with Crippen molar-refractivity contribution in [2.45, 2.75) is 6.92 Å². The Morgan fingerprint density at radius 3 is 2.50 bits per heavy atom. The maximum atomic E-state index is 11.0. The van der Waals surface area contributed by atoms with Crippen molar-refractivity contribution in [2.75, 3.05) is 18.1 Å². The summed E-state index contributed by atoms with van der Waals surface area (Å²) in [5.41, 5.74) is 1.46. The van der Waals surface area contributed by atoms with Crippen LogP contribution < -0.4 is 9.46 Å². The molecule has 0 fully saturated rings. The highest BCUT2D eigenvalue weighted by Crippen LogP contribution is 2.20. The monoisotopic (exact) mass is 217 g/mol. The maximum Gasteiger partial charge on any atom is 0.229 e. The van der Waals surface area contributed by atoms with Crippen molar-refractivity contribution < 1.29 is 14.6 Å². The van der Waals surface area contributed by atoms with Gasteiger partial charge in [0.05, 0.1) is 19.1 Å². The first kappa shape index (κ1) is 10.8. The van der Waals surface area contributed by atoms with Crippen LogP contribution in [0, 0.1) is 6.92 Å². The Morgan fingerprint density at radius 2 is 2.00 bits per heavy atom. The molecule has 0 unspecified atom stereocenters. The minimum atomic E-state index is -3.22. The van der Waals surface area contributed by atoms with E-state index >= 15 is 0 Å². The number of ether oxygens (including phenoxy) is 1. The second kappa shape index (κ2) is 3.88. The molecule has 0 amide bonds. The van der Waals surface area contributed by atoms with E-state index in [0.29, 0.717) is 11.4 Å². The Balaban J connectivity index is 0.00000196. The summed E-state index contributed by atoms with van der Waals surface area (Å²) in [6, 6.07) is 5.20. The van der Waals surface area contributed by atoms with E-state index < -0.39 is 10.0 Å². The van der Waals surface area contributed by atoms with Gasteiger partial charge in [0.25, 0.3) is 0 Å². The van der Waals surface area contributed by atoms with Crippen molar-refractivity contribution in [3.05, 3.63) is 23.8 Å². The Bertz CT molecular complexity index is 431. The zero-order chi connectivity index (χ0) is 10.8. The Kier molecular flexibility index (Phi) is 3.00. The number of nitrogens with one attached hydrogen (secondary N) is 1. The second-order valence-corrected chi connectivity index (χ2v) is 4.86. The van der Waals surface area contributed by atoms with Crippen molar-refractivity contribution in [1.82, 2.24) is 0 Å². The molecule has 0 radical (unpaired) electrons. The summed E-state index contributed by atoms with van der Waals surface area (Å²) in [5.74, 6) is 0.635. The normalized spacial score (nSPS) is 11.1. The van der Waals surface area contributed by atoms with Gasteiger partial charge in [0.2, 0.25) is 10.0 Å². The third-order valence-corrected chi connectivity index (χ3v) is 2.20. The van der Waals surface area contributed by atoms with E-state index in [1.165, 1.54) is 0 Å². The lowest BCUT2D eigenvalue weighted by Crippen LogP contribution is -2.09. The number of methoxy groups -OCH3 is 1. The third kappa shape index (κ3) is 3.26. The standard InChI is InChI=1S/C9H13NO3S.H2/c1-7-4-8(10-14(3,11)12)6-9(5-7)13-2;/h4-6,10H,1-3H3;1H. The van der Waals surface area contributed by atoms with Crippen LogP contribution >= 0.6 is 0 Å². The first-order valence-corrected chi connectivity index (χ1v) is 5.93. The van der Waals surface area contributed by atoms with Crippen LogP contribution in [0.15, 0.2) is 18.2 Å². The Morgan fingerprint density at radius 1 is 1.36 bits per heavy atom. The topological polar surface area (TPSA) is 55.4 Å². The number of rotatable bonds is 3. The van der Waals surface area contributed by atoms with Crippen LogP contribution in [0.25, 0.3) is 0 Å². The van der Waals surface area contributed by atoms with Crippen LogP contribution in [0.4, 0.5) is 5.69 Å². The predicted molar refractivity (Wildman–Crippen MR) is 58.3 cm³/mol. The molecule has 1 N–H and O–H groups in total. The Labute approximate surface area is 85.4 Å². The average molecular weight is 217 g/mol. The van der Waals surface area contributed by atoms with Crippen LogP contribution in [-0.4, -0.2) is 21.8 Å². The van der Waals surface area contributed by atoms with Gasteiger partial charge in [-0.1, -0.05) is 0 Å². The first-order valence-electron chi connectivity index (χ1n) is 4.04. The molecule has 1 aromatic rings. The SMILES string of the molecule is COc1cc(C)cc(NS(C)(=O)=O)c1.[HH]. The van der Waals surface area contributed by atoms with Gasteiger partial charge in [-0.3, -0.25) is 4.72 Å². The largest absolute Gasteiger partial charge is 0.497 e. The molecule has 80 valence electrons. The van der Waals surface area contributed by atoms with Gasteiger partial charge in [0, 0.05) is 7.49 Å². The maximum absolute atomic E-state index is 11.0. The summed E-state index contributed by atoms with van der Waals surface area (Å²) in [6.07, 6.45) is 1.11. The van der Waals surface area contributed by atoms with Crippen molar-refractivity contribution in [3.63, 3.8) is 0 Å². The molecule has 0 aliphatic rings. The average Bonchev–Trinajstić information content (AvgIpc) is 1.99. The fraction of sp³-hybridized carbons (Fsp3) is 0.333. The molecule has 1 aromatic carbocycles. The van der Waals surface area contributed by atoms with E-state index in [1.54, 1.807) is 19.2 Å². The minimum absolute atomic E-state index is 0. The fourth-order valence-corrected chi connectivity index (χ4v) is 1.68. The van der Waals surface area contributed by atoms with Crippen LogP contribution in [0.3, 0.4) is 0 Å². The number of hydrogen-bond acceptors (Lipinski definition) is 3. The summed E-state index contributed by atoms with van der Waals surface area (Å²) in [4.78, 5) is 0. The molecule has 0 heterocycles. The predicted octanol–water partition coefficient (Wildman–Crippen LogP) is 1.62. The van der Waals surface area contributed by atoms with E-state index in [1.807, 2.05) is 13.0 Å². The van der Waals surface area contributed by atoms with Crippen molar-refractivity contribution in [1.29, 1.82) is 0 Å². The molecule has 0 aliphatic heterocycles. The summed E-state index contributed by atoms with van der Waals surface area (Å²) < 4.78 is 29.3. The number of aryl methyl sites for hydroxylation is 1. The quantitative estimate of drug-likeness (QED) is 0.837. The smallest absolute Gasteiger partial charge is 0.229 e. The zero-order valence-corrected chi connectivity index (χ0v) is 9.18. The second-order valence-electron chi connectivity index (χ2n) is 3.11. The van der Waals surface area contributed by atoms with Gasteiger partial charge in [-0.05, 0) is 24.6 Å².